The van der Waals surface area contributed by atoms with Gasteiger partial charge in [0, 0.05) is 25.2 Å². The molecule has 1 aromatic rings. The fourth-order valence-electron chi connectivity index (χ4n) is 2.98. The van der Waals surface area contributed by atoms with Gasteiger partial charge in [-0.25, -0.2) is 0 Å². The van der Waals surface area contributed by atoms with Gasteiger partial charge in [-0.3, -0.25) is 0 Å². The van der Waals surface area contributed by atoms with E-state index in [0.29, 0.717) is 12.1 Å². The van der Waals surface area contributed by atoms with Crippen LogP contribution in [0.25, 0.3) is 0 Å². The zero-order valence-electron chi connectivity index (χ0n) is 13.1. The maximum Gasteiger partial charge on any atom is 0.0622 e. The molecule has 0 saturated carbocycles. The van der Waals surface area contributed by atoms with Gasteiger partial charge in [0.25, 0.3) is 0 Å². The number of hydrogen-bond acceptors (Lipinski definition) is 3. The molecular weight excluding hydrogens is 248 g/mol. The molecule has 0 radical (unpaired) electrons. The molecule has 2 rings (SSSR count). The molecule has 3 heteroatoms. The summed E-state index contributed by atoms with van der Waals surface area (Å²) in [5, 5.41) is 3.63. The Morgan fingerprint density at radius 1 is 1.40 bits per heavy atom. The van der Waals surface area contributed by atoms with Crippen molar-refractivity contribution in [2.24, 2.45) is 0 Å². The zero-order chi connectivity index (χ0) is 14.4. The van der Waals surface area contributed by atoms with Gasteiger partial charge in [-0.1, -0.05) is 31.2 Å². The van der Waals surface area contributed by atoms with Crippen LogP contribution in [0.4, 0.5) is 0 Å². The van der Waals surface area contributed by atoms with E-state index in [-0.39, 0.29) is 0 Å². The van der Waals surface area contributed by atoms with Gasteiger partial charge in [-0.2, -0.15) is 0 Å². The number of benzene rings is 1. The Hall–Kier alpha value is -0.900. The topological polar surface area (TPSA) is 24.5 Å². The standard InChI is InChI=1S/C17H28N2O/c1-4-18-17(16-8-6-5-7-14(16)2)9-11-19(3)15-10-12-20-13-15/h5-8,15,17-18H,4,9-13H2,1-3H3. The van der Waals surface area contributed by atoms with E-state index in [1.807, 2.05) is 0 Å². The van der Waals surface area contributed by atoms with Gasteiger partial charge in [0.15, 0.2) is 0 Å². The first-order valence-corrected chi connectivity index (χ1v) is 7.79. The van der Waals surface area contributed by atoms with Gasteiger partial charge in [0.05, 0.1) is 6.61 Å². The summed E-state index contributed by atoms with van der Waals surface area (Å²) in [6.07, 6.45) is 2.32. The van der Waals surface area contributed by atoms with Crippen molar-refractivity contribution in [3.05, 3.63) is 35.4 Å². The number of ether oxygens (including phenoxy) is 1. The maximum absolute atomic E-state index is 5.48. The second-order valence-electron chi connectivity index (χ2n) is 5.75. The van der Waals surface area contributed by atoms with Crippen molar-refractivity contribution in [3.8, 4) is 0 Å². The molecular formula is C17H28N2O. The molecule has 1 aliphatic heterocycles. The average molecular weight is 276 g/mol. The second-order valence-corrected chi connectivity index (χ2v) is 5.75. The predicted octanol–water partition coefficient (Wildman–Crippen LogP) is 2.76. The SMILES string of the molecule is CCNC(CCN(C)C1CCOC1)c1ccccc1C. The third-order valence-corrected chi connectivity index (χ3v) is 4.31. The van der Waals surface area contributed by atoms with Crippen LogP contribution >= 0.6 is 0 Å². The summed E-state index contributed by atoms with van der Waals surface area (Å²) in [5.74, 6) is 0. The van der Waals surface area contributed by atoms with E-state index in [1.165, 1.54) is 17.5 Å². The van der Waals surface area contributed by atoms with E-state index in [1.54, 1.807) is 0 Å². The fraction of sp³-hybridized carbons (Fsp3) is 0.647. The average Bonchev–Trinajstić information content (AvgIpc) is 2.98. The zero-order valence-corrected chi connectivity index (χ0v) is 13.1. The lowest BCUT2D eigenvalue weighted by Crippen LogP contribution is -2.35. The van der Waals surface area contributed by atoms with E-state index in [9.17, 15) is 0 Å². The van der Waals surface area contributed by atoms with Crippen LogP contribution in [0.1, 0.15) is 36.9 Å². The number of likely N-dealkylation sites (N-methyl/N-ethyl adjacent to an activating group) is 1. The summed E-state index contributed by atoms with van der Waals surface area (Å²) >= 11 is 0. The monoisotopic (exact) mass is 276 g/mol. The van der Waals surface area contributed by atoms with Crippen LogP contribution in [0.15, 0.2) is 24.3 Å². The molecule has 2 atom stereocenters. The molecule has 1 heterocycles. The lowest BCUT2D eigenvalue weighted by molar-refractivity contribution is 0.156. The molecule has 0 aromatic heterocycles. The molecule has 1 aromatic carbocycles. The van der Waals surface area contributed by atoms with Gasteiger partial charge < -0.3 is 15.0 Å². The number of nitrogens with zero attached hydrogens (tertiary/aromatic N) is 1. The Bertz CT molecular complexity index is 402. The lowest BCUT2D eigenvalue weighted by atomic mass is 9.98. The Labute approximate surface area is 123 Å². The van der Waals surface area contributed by atoms with Gasteiger partial charge in [0.1, 0.15) is 0 Å². The van der Waals surface area contributed by atoms with Gasteiger partial charge >= 0.3 is 0 Å². The number of aryl methyl sites for hydroxylation is 1. The number of rotatable bonds is 7. The van der Waals surface area contributed by atoms with E-state index in [0.717, 1.165) is 32.7 Å². The molecule has 112 valence electrons. The molecule has 20 heavy (non-hydrogen) atoms. The Balaban J connectivity index is 1.93. The minimum atomic E-state index is 0.450. The molecule has 1 fully saturated rings. The first kappa shape index (κ1) is 15.5. The van der Waals surface area contributed by atoms with Gasteiger partial charge in [-0.15, -0.1) is 0 Å². The largest absolute Gasteiger partial charge is 0.380 e. The van der Waals surface area contributed by atoms with Crippen LogP contribution in [-0.2, 0) is 4.74 Å². The Kier molecular flexibility index (Phi) is 6.02. The van der Waals surface area contributed by atoms with Gasteiger partial charge in [-0.05, 0) is 44.5 Å². The van der Waals surface area contributed by atoms with E-state index >= 15 is 0 Å². The van der Waals surface area contributed by atoms with E-state index in [4.69, 9.17) is 4.74 Å². The highest BCUT2D eigenvalue weighted by Gasteiger charge is 2.21. The van der Waals surface area contributed by atoms with Crippen molar-refractivity contribution in [3.63, 3.8) is 0 Å². The minimum Gasteiger partial charge on any atom is -0.380 e. The quantitative estimate of drug-likeness (QED) is 0.829. The van der Waals surface area contributed by atoms with Crippen LogP contribution in [0.5, 0.6) is 0 Å². The Morgan fingerprint density at radius 3 is 2.85 bits per heavy atom. The van der Waals surface area contributed by atoms with Crippen molar-refractivity contribution < 1.29 is 4.74 Å². The number of nitrogens with one attached hydrogen (secondary N) is 1. The van der Waals surface area contributed by atoms with Crippen LogP contribution in [0.3, 0.4) is 0 Å². The van der Waals surface area contributed by atoms with Crippen LogP contribution in [-0.4, -0.2) is 44.3 Å². The maximum atomic E-state index is 5.48. The molecule has 0 aliphatic carbocycles. The summed E-state index contributed by atoms with van der Waals surface area (Å²) in [7, 11) is 2.22. The first-order valence-electron chi connectivity index (χ1n) is 7.79. The highest BCUT2D eigenvalue weighted by molar-refractivity contribution is 5.28. The minimum absolute atomic E-state index is 0.450. The normalized spacial score (nSPS) is 20.5. The van der Waals surface area contributed by atoms with Crippen molar-refractivity contribution in [2.45, 2.75) is 38.8 Å². The molecule has 1 N–H and O–H groups in total. The van der Waals surface area contributed by atoms with E-state index < -0.39 is 0 Å². The summed E-state index contributed by atoms with van der Waals surface area (Å²) in [4.78, 5) is 2.45. The molecule has 0 bridgehead atoms. The highest BCUT2D eigenvalue weighted by Crippen LogP contribution is 2.21. The summed E-state index contributed by atoms with van der Waals surface area (Å²) < 4.78 is 5.48. The first-order chi connectivity index (χ1) is 9.72. The second kappa shape index (κ2) is 7.77. The summed E-state index contributed by atoms with van der Waals surface area (Å²) in [6, 6.07) is 9.76. The highest BCUT2D eigenvalue weighted by atomic mass is 16.5. The molecule has 2 unspecified atom stereocenters. The van der Waals surface area contributed by atoms with Crippen molar-refractivity contribution in [1.29, 1.82) is 0 Å². The van der Waals surface area contributed by atoms with Crippen LogP contribution in [0.2, 0.25) is 0 Å². The smallest absolute Gasteiger partial charge is 0.0622 e. The predicted molar refractivity (Wildman–Crippen MR) is 84.1 cm³/mol. The van der Waals surface area contributed by atoms with Crippen LogP contribution in [0, 0.1) is 6.92 Å². The molecule has 1 saturated heterocycles. The Morgan fingerprint density at radius 2 is 2.20 bits per heavy atom. The summed E-state index contributed by atoms with van der Waals surface area (Å²) in [6.45, 7) is 8.32. The van der Waals surface area contributed by atoms with Crippen molar-refractivity contribution in [1.82, 2.24) is 10.2 Å². The summed E-state index contributed by atoms with van der Waals surface area (Å²) in [5.41, 5.74) is 2.82. The fourth-order valence-corrected chi connectivity index (χ4v) is 2.98. The van der Waals surface area contributed by atoms with Crippen LogP contribution < -0.4 is 5.32 Å². The van der Waals surface area contributed by atoms with Gasteiger partial charge in [0.2, 0.25) is 0 Å². The van der Waals surface area contributed by atoms with Crippen molar-refractivity contribution in [2.75, 3.05) is 33.4 Å². The molecule has 0 spiro atoms. The third kappa shape index (κ3) is 4.05. The number of hydrogen-bond donors (Lipinski definition) is 1. The van der Waals surface area contributed by atoms with E-state index in [2.05, 4.69) is 55.4 Å². The molecule has 1 aliphatic rings. The lowest BCUT2D eigenvalue weighted by Gasteiger charge is -2.27. The molecule has 3 nitrogen and oxygen atoms in total. The molecule has 0 amide bonds. The third-order valence-electron chi connectivity index (χ3n) is 4.31. The van der Waals surface area contributed by atoms with Crippen molar-refractivity contribution >= 4 is 0 Å².